The number of amides is 1. The predicted molar refractivity (Wildman–Crippen MR) is 77.9 cm³/mol. The third-order valence-electron chi connectivity index (χ3n) is 3.33. The lowest BCUT2D eigenvalue weighted by molar-refractivity contribution is 0.100. The highest BCUT2D eigenvalue weighted by molar-refractivity contribution is 7.99. The first-order valence-corrected chi connectivity index (χ1v) is 7.44. The molecule has 1 heterocycles. The Hall–Kier alpha value is -1.43. The van der Waals surface area contributed by atoms with E-state index < -0.39 is 11.7 Å². The Morgan fingerprint density at radius 2 is 2.11 bits per heavy atom. The van der Waals surface area contributed by atoms with E-state index in [9.17, 15) is 9.18 Å². The number of hydrogen-bond acceptors (Lipinski definition) is 4. The van der Waals surface area contributed by atoms with Crippen molar-refractivity contribution in [3.63, 3.8) is 0 Å². The first-order chi connectivity index (χ1) is 9.08. The number of primary amides is 1. The van der Waals surface area contributed by atoms with Crippen LogP contribution in [0.4, 0.5) is 15.8 Å². The van der Waals surface area contributed by atoms with Gasteiger partial charge in [0.25, 0.3) is 5.91 Å². The summed E-state index contributed by atoms with van der Waals surface area (Å²) in [4.78, 5) is 11.2. The van der Waals surface area contributed by atoms with Gasteiger partial charge in [0, 0.05) is 12.2 Å². The summed E-state index contributed by atoms with van der Waals surface area (Å²) in [6.07, 6.45) is 2.27. The number of hydrogen-bond donors (Lipinski definition) is 3. The highest BCUT2D eigenvalue weighted by atomic mass is 32.2. The van der Waals surface area contributed by atoms with Crippen molar-refractivity contribution >= 4 is 29.0 Å². The lowest BCUT2D eigenvalue weighted by Gasteiger charge is -2.22. The number of halogens is 1. The van der Waals surface area contributed by atoms with Crippen molar-refractivity contribution in [2.45, 2.75) is 12.8 Å². The Bertz CT molecular complexity index is 475. The number of carbonyl (C=O) groups excluding carboxylic acids is 1. The van der Waals surface area contributed by atoms with E-state index in [1.54, 1.807) is 0 Å². The fourth-order valence-corrected chi connectivity index (χ4v) is 3.35. The molecule has 1 aliphatic rings. The summed E-state index contributed by atoms with van der Waals surface area (Å²) in [5, 5.41) is 3.06. The van der Waals surface area contributed by atoms with E-state index in [4.69, 9.17) is 11.5 Å². The molecule has 0 atom stereocenters. The molecule has 19 heavy (non-hydrogen) atoms. The van der Waals surface area contributed by atoms with E-state index in [0.717, 1.165) is 30.4 Å². The van der Waals surface area contributed by atoms with Crippen molar-refractivity contribution in [2.75, 3.05) is 29.1 Å². The number of nitrogen functional groups attached to an aromatic ring is 1. The molecule has 0 bridgehead atoms. The van der Waals surface area contributed by atoms with Crippen LogP contribution in [0.5, 0.6) is 0 Å². The summed E-state index contributed by atoms with van der Waals surface area (Å²) in [6.45, 7) is 0.708. The molecule has 1 fully saturated rings. The molecule has 0 aromatic heterocycles. The minimum absolute atomic E-state index is 0.0737. The Kier molecular flexibility index (Phi) is 4.52. The lowest BCUT2D eigenvalue weighted by atomic mass is 10.0. The molecule has 1 saturated heterocycles. The minimum atomic E-state index is -0.644. The third kappa shape index (κ3) is 3.53. The maximum atomic E-state index is 13.7. The smallest absolute Gasteiger partial charge is 0.250 e. The molecule has 0 spiro atoms. The van der Waals surface area contributed by atoms with Crippen LogP contribution in [0.1, 0.15) is 23.2 Å². The Morgan fingerprint density at radius 1 is 1.42 bits per heavy atom. The highest BCUT2D eigenvalue weighted by Crippen LogP contribution is 2.25. The molecule has 0 unspecified atom stereocenters. The van der Waals surface area contributed by atoms with E-state index in [-0.39, 0.29) is 11.3 Å². The van der Waals surface area contributed by atoms with Gasteiger partial charge in [-0.25, -0.2) is 4.39 Å². The van der Waals surface area contributed by atoms with Gasteiger partial charge in [0.1, 0.15) is 5.82 Å². The van der Waals surface area contributed by atoms with E-state index in [1.807, 2.05) is 11.8 Å². The quantitative estimate of drug-likeness (QED) is 0.739. The fraction of sp³-hybridized carbons (Fsp3) is 0.462. The maximum Gasteiger partial charge on any atom is 0.250 e. The maximum absolute atomic E-state index is 13.7. The summed E-state index contributed by atoms with van der Waals surface area (Å²) in [5.41, 5.74) is 11.3. The number of thioether (sulfide) groups is 1. The molecule has 104 valence electrons. The van der Waals surface area contributed by atoms with Gasteiger partial charge >= 0.3 is 0 Å². The number of benzene rings is 1. The normalized spacial score (nSPS) is 16.3. The Balaban J connectivity index is 2.06. The van der Waals surface area contributed by atoms with Gasteiger partial charge < -0.3 is 16.8 Å². The summed E-state index contributed by atoms with van der Waals surface area (Å²) < 4.78 is 13.7. The van der Waals surface area contributed by atoms with Crippen LogP contribution in [-0.4, -0.2) is 24.0 Å². The van der Waals surface area contributed by atoms with Gasteiger partial charge in [-0.05, 0) is 42.4 Å². The van der Waals surface area contributed by atoms with Gasteiger partial charge in [-0.2, -0.15) is 11.8 Å². The van der Waals surface area contributed by atoms with E-state index in [1.165, 1.54) is 6.07 Å². The highest BCUT2D eigenvalue weighted by Gasteiger charge is 2.16. The minimum Gasteiger partial charge on any atom is -0.398 e. The Morgan fingerprint density at radius 3 is 2.74 bits per heavy atom. The molecule has 6 heteroatoms. The van der Waals surface area contributed by atoms with Crippen LogP contribution >= 0.6 is 11.8 Å². The molecular weight excluding hydrogens is 265 g/mol. The summed E-state index contributed by atoms with van der Waals surface area (Å²) in [6, 6.07) is 2.53. The van der Waals surface area contributed by atoms with E-state index in [0.29, 0.717) is 18.2 Å². The molecular formula is C13H18FN3OS. The molecule has 1 aliphatic heterocycles. The van der Waals surface area contributed by atoms with Crippen molar-refractivity contribution in [1.29, 1.82) is 0 Å². The lowest BCUT2D eigenvalue weighted by Crippen LogP contribution is -2.20. The van der Waals surface area contributed by atoms with Crippen LogP contribution in [0.3, 0.4) is 0 Å². The predicted octanol–water partition coefficient (Wildman–Crippen LogP) is 2.06. The molecule has 0 radical (unpaired) electrons. The van der Waals surface area contributed by atoms with Gasteiger partial charge in [0.05, 0.1) is 11.3 Å². The average Bonchev–Trinajstić information content (AvgIpc) is 2.38. The van der Waals surface area contributed by atoms with Gasteiger partial charge in [-0.1, -0.05) is 0 Å². The van der Waals surface area contributed by atoms with E-state index in [2.05, 4.69) is 5.32 Å². The standard InChI is InChI=1S/C13H18FN3OS/c14-10-6-11(15)9(13(16)18)5-12(10)17-7-8-1-3-19-4-2-8/h5-6,8,17H,1-4,7,15H2,(H2,16,18). The number of nitrogens with two attached hydrogens (primary N) is 2. The zero-order valence-corrected chi connectivity index (χ0v) is 11.4. The first-order valence-electron chi connectivity index (χ1n) is 6.28. The fourth-order valence-electron chi connectivity index (χ4n) is 2.14. The molecule has 4 nitrogen and oxygen atoms in total. The molecule has 5 N–H and O–H groups in total. The molecule has 0 aliphatic carbocycles. The number of rotatable bonds is 4. The van der Waals surface area contributed by atoms with Crippen molar-refractivity contribution in [2.24, 2.45) is 11.7 Å². The number of anilines is 2. The Labute approximate surface area is 116 Å². The molecule has 0 saturated carbocycles. The average molecular weight is 283 g/mol. The van der Waals surface area contributed by atoms with Crippen LogP contribution in [0, 0.1) is 11.7 Å². The summed E-state index contributed by atoms with van der Waals surface area (Å²) in [7, 11) is 0. The van der Waals surface area contributed by atoms with Crippen molar-refractivity contribution in [3.05, 3.63) is 23.5 Å². The van der Waals surface area contributed by atoms with E-state index >= 15 is 0 Å². The zero-order chi connectivity index (χ0) is 13.8. The van der Waals surface area contributed by atoms with Crippen molar-refractivity contribution in [1.82, 2.24) is 0 Å². The second kappa shape index (κ2) is 6.14. The second-order valence-electron chi connectivity index (χ2n) is 4.72. The SMILES string of the molecule is NC(=O)c1cc(NCC2CCSCC2)c(F)cc1N. The number of carbonyl (C=O) groups is 1. The van der Waals surface area contributed by atoms with Gasteiger partial charge in [0.15, 0.2) is 0 Å². The molecule has 1 amide bonds. The van der Waals surface area contributed by atoms with Crippen LogP contribution in [-0.2, 0) is 0 Å². The summed E-state index contributed by atoms with van der Waals surface area (Å²) >= 11 is 1.95. The third-order valence-corrected chi connectivity index (χ3v) is 4.38. The van der Waals surface area contributed by atoms with Crippen LogP contribution in [0.2, 0.25) is 0 Å². The molecule has 1 aromatic rings. The number of nitrogens with one attached hydrogen (secondary N) is 1. The first kappa shape index (κ1) is 14.0. The summed E-state index contributed by atoms with van der Waals surface area (Å²) in [5.74, 6) is 1.77. The van der Waals surface area contributed by atoms with Gasteiger partial charge in [-0.15, -0.1) is 0 Å². The van der Waals surface area contributed by atoms with Gasteiger partial charge in [-0.3, -0.25) is 4.79 Å². The zero-order valence-electron chi connectivity index (χ0n) is 10.6. The van der Waals surface area contributed by atoms with Crippen LogP contribution in [0.25, 0.3) is 0 Å². The van der Waals surface area contributed by atoms with Crippen LogP contribution < -0.4 is 16.8 Å². The monoisotopic (exact) mass is 283 g/mol. The topological polar surface area (TPSA) is 81.1 Å². The molecule has 1 aromatic carbocycles. The van der Waals surface area contributed by atoms with Crippen molar-refractivity contribution < 1.29 is 9.18 Å². The largest absolute Gasteiger partial charge is 0.398 e. The van der Waals surface area contributed by atoms with Gasteiger partial charge in [0.2, 0.25) is 0 Å². The second-order valence-corrected chi connectivity index (χ2v) is 5.94. The molecule has 2 rings (SSSR count). The van der Waals surface area contributed by atoms with Crippen molar-refractivity contribution in [3.8, 4) is 0 Å². The van der Waals surface area contributed by atoms with Crippen LogP contribution in [0.15, 0.2) is 12.1 Å².